The van der Waals surface area contributed by atoms with Gasteiger partial charge in [-0.1, -0.05) is 12.5 Å². The Morgan fingerprint density at radius 1 is 1.33 bits per heavy atom. The third-order valence-corrected chi connectivity index (χ3v) is 4.99. The van der Waals surface area contributed by atoms with E-state index in [9.17, 15) is 4.79 Å². The highest BCUT2D eigenvalue weighted by atomic mass is 16.5. The van der Waals surface area contributed by atoms with Crippen LogP contribution < -0.4 is 16.0 Å². The summed E-state index contributed by atoms with van der Waals surface area (Å²) in [6.45, 7) is 6.90. The summed E-state index contributed by atoms with van der Waals surface area (Å²) in [6, 6.07) is 3.74. The molecule has 2 rings (SSSR count). The number of ether oxygens (including phenoxy) is 1. The van der Waals surface area contributed by atoms with E-state index in [2.05, 4.69) is 20.9 Å². The Balaban J connectivity index is 1.77. The SMILES string of the molecule is CCNC(=NCC1(CCOC)CCC1)NCCC(=O)Nc1ccc(C)cn1. The van der Waals surface area contributed by atoms with Gasteiger partial charge in [-0.25, -0.2) is 4.98 Å². The third kappa shape index (κ3) is 7.17. The molecule has 1 aromatic heterocycles. The van der Waals surface area contributed by atoms with Crippen LogP contribution >= 0.6 is 0 Å². The number of guanidine groups is 1. The molecule has 7 nitrogen and oxygen atoms in total. The molecule has 0 saturated heterocycles. The van der Waals surface area contributed by atoms with E-state index in [4.69, 9.17) is 9.73 Å². The Labute approximate surface area is 162 Å². The number of carbonyl (C=O) groups is 1. The quantitative estimate of drug-likeness (QED) is 0.432. The van der Waals surface area contributed by atoms with Crippen molar-refractivity contribution in [1.29, 1.82) is 0 Å². The van der Waals surface area contributed by atoms with Crippen molar-refractivity contribution in [2.24, 2.45) is 10.4 Å². The maximum atomic E-state index is 12.1. The summed E-state index contributed by atoms with van der Waals surface area (Å²) in [6.07, 6.45) is 6.85. The number of nitrogens with zero attached hydrogens (tertiary/aromatic N) is 2. The second kappa shape index (κ2) is 10.9. The van der Waals surface area contributed by atoms with Crippen molar-refractivity contribution in [3.05, 3.63) is 23.9 Å². The molecule has 1 heterocycles. The standard InChI is InChI=1S/C20H33N5O2/c1-4-21-19(24-15-20(9-5-10-20)11-13-27-3)22-12-8-18(26)25-17-7-6-16(2)14-23-17/h6-7,14H,4-5,8-13,15H2,1-3H3,(H2,21,22,24)(H,23,25,26). The van der Waals surface area contributed by atoms with Crippen LogP contribution in [0.3, 0.4) is 0 Å². The van der Waals surface area contributed by atoms with Crippen LogP contribution in [0.2, 0.25) is 0 Å². The molecular formula is C20H33N5O2. The largest absolute Gasteiger partial charge is 0.385 e. The van der Waals surface area contributed by atoms with Crippen molar-refractivity contribution < 1.29 is 9.53 Å². The molecule has 1 amide bonds. The molecule has 27 heavy (non-hydrogen) atoms. The van der Waals surface area contributed by atoms with Gasteiger partial charge < -0.3 is 20.7 Å². The van der Waals surface area contributed by atoms with E-state index in [-0.39, 0.29) is 11.3 Å². The van der Waals surface area contributed by atoms with Gasteiger partial charge in [0.15, 0.2) is 5.96 Å². The van der Waals surface area contributed by atoms with Gasteiger partial charge >= 0.3 is 0 Å². The van der Waals surface area contributed by atoms with Crippen molar-refractivity contribution in [1.82, 2.24) is 15.6 Å². The lowest BCUT2D eigenvalue weighted by Crippen LogP contribution is -2.41. The molecule has 0 aromatic carbocycles. The smallest absolute Gasteiger partial charge is 0.227 e. The number of carbonyl (C=O) groups excluding carboxylic acids is 1. The van der Waals surface area contributed by atoms with E-state index >= 15 is 0 Å². The first-order valence-corrected chi connectivity index (χ1v) is 9.80. The Kier molecular flexibility index (Phi) is 8.51. The second-order valence-electron chi connectivity index (χ2n) is 7.24. The Hall–Kier alpha value is -2.15. The minimum atomic E-state index is -0.0646. The van der Waals surface area contributed by atoms with E-state index in [1.165, 1.54) is 19.3 Å². The summed E-state index contributed by atoms with van der Waals surface area (Å²) in [7, 11) is 1.75. The van der Waals surface area contributed by atoms with Crippen molar-refractivity contribution in [2.45, 2.75) is 46.0 Å². The van der Waals surface area contributed by atoms with Gasteiger partial charge in [0.2, 0.25) is 5.91 Å². The number of hydrogen-bond acceptors (Lipinski definition) is 4. The number of amides is 1. The van der Waals surface area contributed by atoms with E-state index in [0.717, 1.165) is 37.6 Å². The minimum absolute atomic E-state index is 0.0646. The van der Waals surface area contributed by atoms with Gasteiger partial charge in [-0.3, -0.25) is 9.79 Å². The van der Waals surface area contributed by atoms with Crippen LogP contribution in [0.25, 0.3) is 0 Å². The first-order chi connectivity index (χ1) is 13.1. The summed E-state index contributed by atoms with van der Waals surface area (Å²) in [5.74, 6) is 1.28. The number of aliphatic imine (C=N–C) groups is 1. The number of anilines is 1. The van der Waals surface area contributed by atoms with Gasteiger partial charge in [0.05, 0.1) is 0 Å². The molecule has 0 bridgehead atoms. The molecule has 1 fully saturated rings. The molecule has 1 aliphatic carbocycles. The Bertz CT molecular complexity index is 611. The van der Waals surface area contributed by atoms with Crippen LogP contribution in [0.4, 0.5) is 5.82 Å². The average Bonchev–Trinajstić information content (AvgIpc) is 2.62. The fourth-order valence-corrected chi connectivity index (χ4v) is 3.11. The number of aromatic nitrogens is 1. The lowest BCUT2D eigenvalue weighted by atomic mass is 9.67. The first kappa shape index (κ1) is 21.2. The van der Waals surface area contributed by atoms with Crippen LogP contribution in [0.5, 0.6) is 0 Å². The lowest BCUT2D eigenvalue weighted by molar-refractivity contribution is -0.116. The number of pyridine rings is 1. The molecule has 150 valence electrons. The van der Waals surface area contributed by atoms with Gasteiger partial charge in [-0.15, -0.1) is 0 Å². The summed E-state index contributed by atoms with van der Waals surface area (Å²) in [4.78, 5) is 21.0. The van der Waals surface area contributed by atoms with Gasteiger partial charge in [-0.05, 0) is 50.2 Å². The fourth-order valence-electron chi connectivity index (χ4n) is 3.11. The number of hydrogen-bond donors (Lipinski definition) is 3. The maximum absolute atomic E-state index is 12.1. The van der Waals surface area contributed by atoms with Crippen LogP contribution in [0.1, 0.15) is 44.6 Å². The normalized spacial score (nSPS) is 15.7. The van der Waals surface area contributed by atoms with Crippen LogP contribution in [-0.2, 0) is 9.53 Å². The summed E-state index contributed by atoms with van der Waals surface area (Å²) in [5, 5.41) is 9.31. The average molecular weight is 376 g/mol. The number of methoxy groups -OCH3 is 1. The van der Waals surface area contributed by atoms with Crippen molar-refractivity contribution in [3.8, 4) is 0 Å². The van der Waals surface area contributed by atoms with Crippen molar-refractivity contribution in [3.63, 3.8) is 0 Å². The van der Waals surface area contributed by atoms with E-state index in [1.54, 1.807) is 13.3 Å². The third-order valence-electron chi connectivity index (χ3n) is 4.99. The maximum Gasteiger partial charge on any atom is 0.227 e. The molecule has 1 saturated carbocycles. The Morgan fingerprint density at radius 3 is 2.74 bits per heavy atom. The summed E-state index contributed by atoms with van der Waals surface area (Å²) >= 11 is 0. The molecule has 0 unspecified atom stereocenters. The fraction of sp³-hybridized carbons (Fsp3) is 0.650. The number of rotatable bonds is 10. The predicted molar refractivity (Wildman–Crippen MR) is 109 cm³/mol. The van der Waals surface area contributed by atoms with E-state index < -0.39 is 0 Å². The zero-order valence-corrected chi connectivity index (χ0v) is 16.8. The molecule has 0 atom stereocenters. The number of nitrogens with one attached hydrogen (secondary N) is 3. The van der Waals surface area contributed by atoms with Crippen LogP contribution in [0, 0.1) is 12.3 Å². The molecule has 0 aliphatic heterocycles. The van der Waals surface area contributed by atoms with Crippen molar-refractivity contribution >= 4 is 17.7 Å². The van der Waals surface area contributed by atoms with Gasteiger partial charge in [0, 0.05) is 46.0 Å². The second-order valence-corrected chi connectivity index (χ2v) is 7.24. The zero-order chi connectivity index (χ0) is 19.5. The highest BCUT2D eigenvalue weighted by Crippen LogP contribution is 2.44. The highest BCUT2D eigenvalue weighted by molar-refractivity contribution is 5.90. The van der Waals surface area contributed by atoms with Gasteiger partial charge in [-0.2, -0.15) is 0 Å². The minimum Gasteiger partial charge on any atom is -0.385 e. The van der Waals surface area contributed by atoms with Gasteiger partial charge in [0.1, 0.15) is 5.82 Å². The number of aryl methyl sites for hydroxylation is 1. The molecule has 0 radical (unpaired) electrons. The Morgan fingerprint density at radius 2 is 2.15 bits per heavy atom. The van der Waals surface area contributed by atoms with Crippen LogP contribution in [-0.4, -0.2) is 50.2 Å². The molecule has 3 N–H and O–H groups in total. The van der Waals surface area contributed by atoms with Gasteiger partial charge in [0.25, 0.3) is 0 Å². The van der Waals surface area contributed by atoms with E-state index in [1.807, 2.05) is 26.0 Å². The molecular weight excluding hydrogens is 342 g/mol. The summed E-state index contributed by atoms with van der Waals surface area (Å²) in [5.41, 5.74) is 1.35. The van der Waals surface area contributed by atoms with E-state index in [0.29, 0.717) is 18.8 Å². The molecule has 0 spiro atoms. The van der Waals surface area contributed by atoms with Crippen LogP contribution in [0.15, 0.2) is 23.3 Å². The topological polar surface area (TPSA) is 87.6 Å². The van der Waals surface area contributed by atoms with Crippen molar-refractivity contribution in [2.75, 3.05) is 38.7 Å². The lowest BCUT2D eigenvalue weighted by Gasteiger charge is -2.40. The molecule has 1 aliphatic rings. The molecule has 7 heteroatoms. The first-order valence-electron chi connectivity index (χ1n) is 9.80. The zero-order valence-electron chi connectivity index (χ0n) is 16.8. The highest BCUT2D eigenvalue weighted by Gasteiger charge is 2.36. The monoisotopic (exact) mass is 375 g/mol. The molecule has 1 aromatic rings. The summed E-state index contributed by atoms with van der Waals surface area (Å²) < 4.78 is 5.24. The predicted octanol–water partition coefficient (Wildman–Crippen LogP) is 2.48.